The molecule has 0 spiro atoms. The van der Waals surface area contributed by atoms with E-state index in [-0.39, 0.29) is 17.4 Å². The Labute approximate surface area is 591 Å². The Morgan fingerprint density at radius 1 is 0.490 bits per heavy atom. The van der Waals surface area contributed by atoms with Crippen LogP contribution in [0, 0.1) is 0 Å². The van der Waals surface area contributed by atoms with Gasteiger partial charge in [-0.2, -0.15) is 42.4 Å². The molecule has 540 valence electrons. The first-order valence-electron chi connectivity index (χ1n) is 37.8. The van der Waals surface area contributed by atoms with Gasteiger partial charge in [-0.05, 0) is 167 Å². The van der Waals surface area contributed by atoms with Gasteiger partial charge in [0.05, 0.1) is 65.1 Å². The fraction of sp³-hybridized carbons (Fsp3) is 0.688. The summed E-state index contributed by atoms with van der Waals surface area (Å²) < 4.78 is 37.3. The normalized spacial score (nSPS) is 17.0. The second-order valence-corrected chi connectivity index (χ2v) is 33.9. The van der Waals surface area contributed by atoms with E-state index in [1.165, 1.54) is 225 Å². The lowest BCUT2D eigenvalue weighted by Gasteiger charge is -2.17. The molecule has 0 saturated carbocycles. The number of hydrogen-bond donors (Lipinski definition) is 4. The van der Waals surface area contributed by atoms with Crippen LogP contribution in [-0.4, -0.2) is 106 Å². The van der Waals surface area contributed by atoms with E-state index in [0.29, 0.717) is 47.8 Å². The molecule has 21 heteroatoms. The standard InChI is InChI=1S/5C10H16N2.C9H14N2O2S.C9H14N2O.C9H14N2S/c1-8(2)9-7-12-6-4-3-5-10(12)11-9;1-8(2)9-7-11-10-5-3-4-6-12(9)10;1-8(2)9-7-11-12-6-4-3-5-10(9)12;1-8(2)10-7-9-5-3-4-6-12(9)11-10;1-7(2)10-8-5-3-4-6-9(8)11-12-10;1-6(2)9-7-5-14(12,13)4-3-8(7)10-11-9;2*1-6(2)9-7-5-12-4-3-8(7)10-11-9/h4*7-8H,3-6H2,1-2H3;7H,3-6H2,1-2H3,(H,11,12);6H,3-5H2,1-2H3,(H,10,11);2*6H,3-5H2,1-2H3,(H,10,11). The van der Waals surface area contributed by atoms with Crippen LogP contribution in [0.1, 0.15) is 336 Å². The van der Waals surface area contributed by atoms with Crippen molar-refractivity contribution in [1.82, 2.24) is 79.5 Å². The Bertz CT molecular complexity index is 3400. The average molecular weight is 1380 g/mol. The van der Waals surface area contributed by atoms with Crippen LogP contribution in [0.25, 0.3) is 0 Å². The molecule has 0 aromatic carbocycles. The number of thioether (sulfide) groups is 1. The monoisotopic (exact) mass is 1380 g/mol. The van der Waals surface area contributed by atoms with Gasteiger partial charge < -0.3 is 13.9 Å². The molecule has 0 saturated heterocycles. The first kappa shape index (κ1) is 76.1. The highest BCUT2D eigenvalue weighted by Crippen LogP contribution is 2.32. The van der Waals surface area contributed by atoms with Gasteiger partial charge in [-0.15, -0.1) is 0 Å². The van der Waals surface area contributed by atoms with Crippen molar-refractivity contribution in [3.8, 4) is 0 Å². The maximum Gasteiger partial charge on any atom is 0.154 e. The number of aromatic amines is 4. The predicted molar refractivity (Wildman–Crippen MR) is 399 cm³/mol. The third-order valence-corrected chi connectivity index (χ3v) is 22.6. The van der Waals surface area contributed by atoms with E-state index in [2.05, 4.69) is 189 Å². The van der Waals surface area contributed by atoms with E-state index < -0.39 is 9.84 Å². The second-order valence-electron chi connectivity index (χ2n) is 30.6. The van der Waals surface area contributed by atoms with Gasteiger partial charge in [0.25, 0.3) is 0 Å². The van der Waals surface area contributed by atoms with E-state index in [4.69, 9.17) is 4.74 Å². The van der Waals surface area contributed by atoms with Crippen molar-refractivity contribution < 1.29 is 13.2 Å². The Morgan fingerprint density at radius 3 is 1.67 bits per heavy atom. The van der Waals surface area contributed by atoms with Crippen molar-refractivity contribution in [3.63, 3.8) is 0 Å². The van der Waals surface area contributed by atoms with E-state index in [9.17, 15) is 8.42 Å². The minimum atomic E-state index is -2.88. The second kappa shape index (κ2) is 36.0. The lowest BCUT2D eigenvalue weighted by molar-refractivity contribution is 0.109. The zero-order valence-corrected chi connectivity index (χ0v) is 64.5. The van der Waals surface area contributed by atoms with E-state index in [1.807, 2.05) is 38.0 Å². The van der Waals surface area contributed by atoms with Gasteiger partial charge in [0, 0.05) is 127 Å². The molecule has 8 aromatic rings. The van der Waals surface area contributed by atoms with Gasteiger partial charge in [0.15, 0.2) is 9.84 Å². The average Bonchev–Trinajstić information content (AvgIpc) is 1.20. The van der Waals surface area contributed by atoms with Gasteiger partial charge in [0.2, 0.25) is 0 Å². The first-order valence-corrected chi connectivity index (χ1v) is 40.8. The number of rotatable bonds is 8. The van der Waals surface area contributed by atoms with Crippen molar-refractivity contribution in [1.29, 1.82) is 0 Å². The Morgan fingerprint density at radius 2 is 1.04 bits per heavy atom. The number of fused-ring (bicyclic) bond motifs is 8. The fourth-order valence-corrected chi connectivity index (χ4v) is 16.7. The molecule has 7 aliphatic heterocycles. The van der Waals surface area contributed by atoms with Crippen molar-refractivity contribution in [3.05, 3.63) is 138 Å². The smallest absolute Gasteiger partial charge is 0.154 e. The van der Waals surface area contributed by atoms with Gasteiger partial charge in [0.1, 0.15) is 11.6 Å². The van der Waals surface area contributed by atoms with Crippen LogP contribution in [0.15, 0.2) is 24.7 Å². The quantitative estimate of drug-likeness (QED) is 0.111. The Balaban J connectivity index is 0.000000131. The number of aromatic nitrogens is 16. The number of aryl methyl sites for hydroxylation is 9. The first-order chi connectivity index (χ1) is 47.0. The number of sulfone groups is 1. The number of nitrogens with one attached hydrogen (secondary N) is 4. The molecule has 0 unspecified atom stereocenters. The van der Waals surface area contributed by atoms with Crippen molar-refractivity contribution in [2.24, 2.45) is 0 Å². The molecule has 0 fully saturated rings. The summed E-state index contributed by atoms with van der Waals surface area (Å²) >= 11 is 2.01. The van der Waals surface area contributed by atoms with Crippen LogP contribution >= 0.6 is 11.8 Å². The highest BCUT2D eigenvalue weighted by Gasteiger charge is 2.28. The molecule has 8 aromatic heterocycles. The Kier molecular flexibility index (Phi) is 28.0. The SMILES string of the molecule is CC(C)c1cc2n(n1)CCCC2.CC(C)c1cn2c(n1)CCCC2.CC(C)c1cnc2n1CCCC2.CC(C)c1cnn2c1CCCC2.CC(C)c1n[nH]c2c1CCCC2.CC(C)c1n[nH]c2c1COCC2.CC(C)c1n[nH]c2c1CS(=O)(=O)CC2.CC(C)c1n[nH]c2c1CSCC2. The zero-order valence-electron chi connectivity index (χ0n) is 62.8. The summed E-state index contributed by atoms with van der Waals surface area (Å²) in [6.45, 7) is 41.1. The molecule has 8 aliphatic rings. The van der Waals surface area contributed by atoms with E-state index in [1.54, 1.807) is 0 Å². The number of hydrogen-bond acceptors (Lipinski definition) is 12. The molecule has 15 heterocycles. The third kappa shape index (κ3) is 20.1. The summed E-state index contributed by atoms with van der Waals surface area (Å²) in [5, 5.41) is 38.5. The van der Waals surface area contributed by atoms with Crippen LogP contribution in [0.4, 0.5) is 0 Å². The highest BCUT2D eigenvalue weighted by atomic mass is 32.2. The molecule has 1 aliphatic carbocycles. The van der Waals surface area contributed by atoms with Crippen LogP contribution in [0.5, 0.6) is 0 Å². The van der Waals surface area contributed by atoms with E-state index in [0.717, 1.165) is 55.4 Å². The molecule has 0 bridgehead atoms. The summed E-state index contributed by atoms with van der Waals surface area (Å²) in [5.74, 6) is 9.69. The molecule has 4 N–H and O–H groups in total. The van der Waals surface area contributed by atoms with Crippen molar-refractivity contribution >= 4 is 21.6 Å². The van der Waals surface area contributed by atoms with Crippen LogP contribution in [-0.2, 0) is 117 Å². The largest absolute Gasteiger partial charge is 0.376 e. The topological polar surface area (TPSA) is 229 Å². The van der Waals surface area contributed by atoms with Gasteiger partial charge >= 0.3 is 0 Å². The highest BCUT2D eigenvalue weighted by molar-refractivity contribution is 7.98. The number of H-pyrrole nitrogens is 4. The fourth-order valence-electron chi connectivity index (χ4n) is 14.3. The molecular formula is C77H122N16O3S2. The lowest BCUT2D eigenvalue weighted by atomic mass is 9.93. The Hall–Kier alpha value is -6.06. The summed E-state index contributed by atoms with van der Waals surface area (Å²) in [6.07, 6.45) is 29.5. The van der Waals surface area contributed by atoms with Crippen LogP contribution < -0.4 is 0 Å². The van der Waals surface area contributed by atoms with Crippen LogP contribution in [0.2, 0.25) is 0 Å². The zero-order chi connectivity index (χ0) is 70.2. The molecule has 0 amide bonds. The van der Waals surface area contributed by atoms with Gasteiger partial charge in [-0.1, -0.05) is 111 Å². The maximum atomic E-state index is 11.4. The molecular weight excluding hydrogens is 1260 g/mol. The minimum absolute atomic E-state index is 0.159. The predicted octanol–water partition coefficient (Wildman–Crippen LogP) is 16.7. The summed E-state index contributed by atoms with van der Waals surface area (Å²) in [6, 6.07) is 2.27. The molecule has 16 rings (SSSR count). The third-order valence-electron chi connectivity index (χ3n) is 20.0. The van der Waals surface area contributed by atoms with E-state index >= 15 is 0 Å². The van der Waals surface area contributed by atoms with Gasteiger partial charge in [-0.3, -0.25) is 29.8 Å². The van der Waals surface area contributed by atoms with Crippen LogP contribution in [0.3, 0.4) is 0 Å². The van der Waals surface area contributed by atoms with Gasteiger partial charge in [-0.25, -0.2) is 18.4 Å². The number of nitrogens with zero attached hydrogens (tertiary/aromatic N) is 12. The molecule has 98 heavy (non-hydrogen) atoms. The number of ether oxygens (including phenoxy) is 1. The lowest BCUT2D eigenvalue weighted by Crippen LogP contribution is -2.19. The minimum Gasteiger partial charge on any atom is -0.376 e. The maximum absolute atomic E-state index is 11.4. The van der Waals surface area contributed by atoms with Crippen molar-refractivity contribution in [2.75, 3.05) is 18.1 Å². The molecule has 0 atom stereocenters. The summed E-state index contributed by atoms with van der Waals surface area (Å²) in [4.78, 5) is 9.05. The molecule has 19 nitrogen and oxygen atoms in total. The van der Waals surface area contributed by atoms with Crippen molar-refractivity contribution in [2.45, 2.75) is 324 Å². The summed E-state index contributed by atoms with van der Waals surface area (Å²) in [5.41, 5.74) is 23.2. The molecule has 0 radical (unpaired) electrons. The number of imidazole rings is 2. The summed E-state index contributed by atoms with van der Waals surface area (Å²) in [7, 11) is -2.88.